The van der Waals surface area contributed by atoms with Crippen molar-refractivity contribution in [3.63, 3.8) is 0 Å². The van der Waals surface area contributed by atoms with E-state index in [1.165, 1.54) is 18.4 Å². The van der Waals surface area contributed by atoms with Gasteiger partial charge in [0.2, 0.25) is 0 Å². The maximum atomic E-state index is 13.5. The van der Waals surface area contributed by atoms with Crippen LogP contribution in [-0.4, -0.2) is 14.2 Å². The first-order chi connectivity index (χ1) is 14.6. The predicted octanol–water partition coefficient (Wildman–Crippen LogP) is 5.60. The first-order valence-electron chi connectivity index (χ1n) is 11.1. The zero-order valence-corrected chi connectivity index (χ0v) is 19.7. The van der Waals surface area contributed by atoms with Gasteiger partial charge < -0.3 is 4.18 Å². The highest BCUT2D eigenvalue weighted by molar-refractivity contribution is 7.84. The Labute approximate surface area is 186 Å². The molecule has 5 nitrogen and oxygen atoms in total. The maximum Gasteiger partial charge on any atom is 0.380 e. The van der Waals surface area contributed by atoms with Gasteiger partial charge in [-0.2, -0.15) is 13.6 Å². The van der Waals surface area contributed by atoms with Gasteiger partial charge in [-0.15, -0.1) is 0 Å². The predicted molar refractivity (Wildman–Crippen MR) is 124 cm³/mol. The van der Waals surface area contributed by atoms with E-state index in [1.54, 1.807) is 12.1 Å². The van der Waals surface area contributed by atoms with E-state index >= 15 is 0 Å². The molecule has 2 aromatic carbocycles. The van der Waals surface area contributed by atoms with Crippen LogP contribution < -0.4 is 9.32 Å². The van der Waals surface area contributed by atoms with E-state index in [0.29, 0.717) is 17.0 Å². The standard InChI is InChI=1S/C25H33NO4S/c1-16(2)20-13-14-22(24(17(3)4)25(20)30-31(26,28)29)23(27)15-19-11-7-8-12-21(19)18-9-5-6-10-18/h7-8,11-14,16-18H,5-6,9-10,15H2,1-4H3,(H2,26,28,29). The molecule has 2 N–H and O–H groups in total. The molecule has 6 heteroatoms. The summed E-state index contributed by atoms with van der Waals surface area (Å²) < 4.78 is 28.8. The first-order valence-corrected chi connectivity index (χ1v) is 12.6. The number of rotatable bonds is 8. The van der Waals surface area contributed by atoms with E-state index in [4.69, 9.17) is 9.32 Å². The van der Waals surface area contributed by atoms with Crippen molar-refractivity contribution in [1.82, 2.24) is 0 Å². The van der Waals surface area contributed by atoms with Crippen molar-refractivity contribution < 1.29 is 17.4 Å². The Morgan fingerprint density at radius 2 is 1.68 bits per heavy atom. The molecule has 168 valence electrons. The van der Waals surface area contributed by atoms with Crippen LogP contribution in [0, 0.1) is 0 Å². The average Bonchev–Trinajstić information content (AvgIpc) is 3.20. The minimum absolute atomic E-state index is 0.0153. The summed E-state index contributed by atoms with van der Waals surface area (Å²) >= 11 is 0. The molecule has 1 aliphatic carbocycles. The SMILES string of the molecule is CC(C)c1ccc(C(=O)Cc2ccccc2C2CCCC2)c(C(C)C)c1OS(N)(=O)=O. The van der Waals surface area contributed by atoms with Gasteiger partial charge in [-0.3, -0.25) is 4.79 Å². The van der Waals surface area contributed by atoms with Crippen molar-refractivity contribution in [2.75, 3.05) is 0 Å². The Morgan fingerprint density at radius 3 is 2.26 bits per heavy atom. The highest BCUT2D eigenvalue weighted by atomic mass is 32.2. The molecule has 1 fully saturated rings. The van der Waals surface area contributed by atoms with Gasteiger partial charge in [-0.1, -0.05) is 76.9 Å². The smallest absolute Gasteiger partial charge is 0.370 e. The Balaban J connectivity index is 2.05. The fourth-order valence-electron chi connectivity index (χ4n) is 4.70. The Morgan fingerprint density at radius 1 is 1.03 bits per heavy atom. The molecule has 0 heterocycles. The molecule has 1 saturated carbocycles. The van der Waals surface area contributed by atoms with E-state index in [0.717, 1.165) is 24.0 Å². The maximum absolute atomic E-state index is 13.5. The minimum Gasteiger partial charge on any atom is -0.370 e. The molecular weight excluding hydrogens is 410 g/mol. The molecule has 31 heavy (non-hydrogen) atoms. The largest absolute Gasteiger partial charge is 0.380 e. The van der Waals surface area contributed by atoms with Crippen LogP contribution in [0.5, 0.6) is 5.75 Å². The van der Waals surface area contributed by atoms with Gasteiger partial charge in [-0.25, -0.2) is 0 Å². The second kappa shape index (κ2) is 9.53. The fourth-order valence-corrected chi connectivity index (χ4v) is 5.11. The number of carbonyl (C=O) groups is 1. The molecule has 0 aliphatic heterocycles. The number of nitrogens with two attached hydrogens (primary N) is 1. The van der Waals surface area contributed by atoms with Crippen molar-refractivity contribution in [2.24, 2.45) is 5.14 Å². The highest BCUT2D eigenvalue weighted by Crippen LogP contribution is 2.39. The van der Waals surface area contributed by atoms with Crippen LogP contribution in [-0.2, 0) is 16.7 Å². The van der Waals surface area contributed by atoms with Gasteiger partial charge in [0.15, 0.2) is 11.5 Å². The molecule has 0 amide bonds. The van der Waals surface area contributed by atoms with Gasteiger partial charge in [-0.05, 0) is 47.3 Å². The van der Waals surface area contributed by atoms with Crippen LogP contribution in [0.4, 0.5) is 0 Å². The van der Waals surface area contributed by atoms with Crippen LogP contribution in [0.15, 0.2) is 36.4 Å². The van der Waals surface area contributed by atoms with Gasteiger partial charge in [0.05, 0.1) is 0 Å². The van der Waals surface area contributed by atoms with Gasteiger partial charge in [0.25, 0.3) is 0 Å². The zero-order valence-electron chi connectivity index (χ0n) is 18.9. The van der Waals surface area contributed by atoms with Crippen molar-refractivity contribution in [3.8, 4) is 5.75 Å². The van der Waals surface area contributed by atoms with Crippen molar-refractivity contribution in [1.29, 1.82) is 0 Å². The number of ketones is 1. The fraction of sp³-hybridized carbons (Fsp3) is 0.480. The summed E-state index contributed by atoms with van der Waals surface area (Å²) in [5.74, 6) is 0.574. The molecule has 0 atom stereocenters. The molecule has 0 saturated heterocycles. The molecule has 0 unspecified atom stereocenters. The first kappa shape index (κ1) is 23.5. The summed E-state index contributed by atoms with van der Waals surface area (Å²) in [6.45, 7) is 7.76. The van der Waals surface area contributed by atoms with E-state index in [9.17, 15) is 13.2 Å². The molecule has 0 aromatic heterocycles. The lowest BCUT2D eigenvalue weighted by molar-refractivity contribution is 0.0991. The van der Waals surface area contributed by atoms with Crippen LogP contribution >= 0.6 is 0 Å². The Hall–Kier alpha value is -2.18. The second-order valence-electron chi connectivity index (χ2n) is 9.11. The third kappa shape index (κ3) is 5.55. The molecule has 0 radical (unpaired) electrons. The lowest BCUT2D eigenvalue weighted by atomic mass is 9.85. The lowest BCUT2D eigenvalue weighted by Gasteiger charge is -2.22. The van der Waals surface area contributed by atoms with E-state index in [2.05, 4.69) is 6.07 Å². The average molecular weight is 444 g/mol. The Bertz CT molecular complexity index is 1050. The summed E-state index contributed by atoms with van der Waals surface area (Å²) in [6.07, 6.45) is 5.07. The van der Waals surface area contributed by atoms with Gasteiger partial charge in [0, 0.05) is 17.5 Å². The quantitative estimate of drug-likeness (QED) is 0.538. The van der Waals surface area contributed by atoms with Crippen LogP contribution in [0.1, 0.15) is 104 Å². The summed E-state index contributed by atoms with van der Waals surface area (Å²) in [6, 6.07) is 11.8. The van der Waals surface area contributed by atoms with E-state index in [-0.39, 0.29) is 29.8 Å². The van der Waals surface area contributed by atoms with Crippen molar-refractivity contribution >= 4 is 16.1 Å². The Kier molecular flexibility index (Phi) is 7.22. The monoisotopic (exact) mass is 443 g/mol. The van der Waals surface area contributed by atoms with Crippen LogP contribution in [0.3, 0.4) is 0 Å². The third-order valence-electron chi connectivity index (χ3n) is 6.13. The third-order valence-corrected chi connectivity index (χ3v) is 6.53. The topological polar surface area (TPSA) is 86.5 Å². The second-order valence-corrected chi connectivity index (χ2v) is 10.3. The minimum atomic E-state index is -4.22. The normalized spacial score (nSPS) is 15.1. The molecule has 0 spiro atoms. The van der Waals surface area contributed by atoms with Crippen LogP contribution in [0.25, 0.3) is 0 Å². The number of hydrogen-bond acceptors (Lipinski definition) is 4. The number of carbonyl (C=O) groups excluding carboxylic acids is 1. The van der Waals surface area contributed by atoms with Gasteiger partial charge >= 0.3 is 10.3 Å². The summed E-state index contributed by atoms with van der Waals surface area (Å²) in [4.78, 5) is 13.5. The summed E-state index contributed by atoms with van der Waals surface area (Å²) in [7, 11) is -4.22. The molecule has 3 rings (SSSR count). The van der Waals surface area contributed by atoms with Crippen molar-refractivity contribution in [3.05, 3.63) is 64.2 Å². The lowest BCUT2D eigenvalue weighted by Crippen LogP contribution is -2.22. The molecule has 1 aliphatic rings. The van der Waals surface area contributed by atoms with E-state index in [1.807, 2.05) is 45.9 Å². The molecular formula is C25H33NO4S. The van der Waals surface area contributed by atoms with Crippen LogP contribution in [0.2, 0.25) is 0 Å². The number of benzene rings is 2. The number of Topliss-reactive ketones (excluding diaryl/α,β-unsaturated/α-hetero) is 1. The highest BCUT2D eigenvalue weighted by Gasteiger charge is 2.26. The summed E-state index contributed by atoms with van der Waals surface area (Å²) in [5, 5.41) is 5.21. The molecule has 2 aromatic rings. The van der Waals surface area contributed by atoms with Gasteiger partial charge in [0.1, 0.15) is 0 Å². The van der Waals surface area contributed by atoms with Crippen molar-refractivity contribution in [2.45, 2.75) is 77.6 Å². The number of hydrogen-bond donors (Lipinski definition) is 1. The van der Waals surface area contributed by atoms with E-state index < -0.39 is 10.3 Å². The zero-order chi connectivity index (χ0) is 22.8. The summed E-state index contributed by atoms with van der Waals surface area (Å²) in [5.41, 5.74) is 4.14. The molecule has 0 bridgehead atoms.